The van der Waals surface area contributed by atoms with Gasteiger partial charge in [0.2, 0.25) is 0 Å². The van der Waals surface area contributed by atoms with E-state index in [1.165, 1.54) is 13.2 Å². The van der Waals surface area contributed by atoms with Gasteiger partial charge < -0.3 is 9.47 Å². The molecular weight excluding hydrogens is 337 g/mol. The lowest BCUT2D eigenvalue weighted by Gasteiger charge is -2.31. The van der Waals surface area contributed by atoms with Crippen molar-refractivity contribution in [3.05, 3.63) is 35.8 Å². The number of aromatic amines is 1. The van der Waals surface area contributed by atoms with Gasteiger partial charge in [-0.15, -0.1) is 0 Å². The number of carbonyl (C=O) groups excluding carboxylic acids is 1. The van der Waals surface area contributed by atoms with E-state index >= 15 is 0 Å². The van der Waals surface area contributed by atoms with Gasteiger partial charge >= 0.3 is 5.97 Å². The summed E-state index contributed by atoms with van der Waals surface area (Å²) in [6.45, 7) is 4.37. The predicted octanol–water partition coefficient (Wildman–Crippen LogP) is 3.00. The second-order valence-electron chi connectivity index (χ2n) is 6.44. The van der Waals surface area contributed by atoms with Gasteiger partial charge in [-0.25, -0.2) is 4.39 Å². The van der Waals surface area contributed by atoms with Gasteiger partial charge in [0.15, 0.2) is 0 Å². The Labute approximate surface area is 152 Å². The Morgan fingerprint density at radius 1 is 1.46 bits per heavy atom. The summed E-state index contributed by atoms with van der Waals surface area (Å²) < 4.78 is 24.6. The van der Waals surface area contributed by atoms with Crippen LogP contribution in [0.2, 0.25) is 0 Å². The van der Waals surface area contributed by atoms with Crippen molar-refractivity contribution in [2.75, 3.05) is 26.8 Å². The molecule has 7 heteroatoms. The summed E-state index contributed by atoms with van der Waals surface area (Å²) >= 11 is 0. The molecule has 1 fully saturated rings. The van der Waals surface area contributed by atoms with E-state index < -0.39 is 0 Å². The highest BCUT2D eigenvalue weighted by Gasteiger charge is 2.27. The van der Waals surface area contributed by atoms with Gasteiger partial charge in [0.05, 0.1) is 31.5 Å². The minimum absolute atomic E-state index is 0.100. The molecule has 2 heterocycles. The normalized spacial score (nSPS) is 17.9. The number of halogens is 1. The third-order valence-electron chi connectivity index (χ3n) is 4.68. The first-order valence-electron chi connectivity index (χ1n) is 8.87. The topological polar surface area (TPSA) is 67.5 Å². The third-order valence-corrected chi connectivity index (χ3v) is 4.68. The van der Waals surface area contributed by atoms with Crippen molar-refractivity contribution in [1.82, 2.24) is 15.1 Å². The lowest BCUT2D eigenvalue weighted by Crippen LogP contribution is -2.38. The third kappa shape index (κ3) is 4.04. The fraction of sp³-hybridized carbons (Fsp3) is 0.474. The van der Waals surface area contributed by atoms with Crippen molar-refractivity contribution in [2.24, 2.45) is 5.92 Å². The van der Waals surface area contributed by atoms with Crippen molar-refractivity contribution in [3.8, 4) is 17.0 Å². The van der Waals surface area contributed by atoms with Gasteiger partial charge in [-0.05, 0) is 38.4 Å². The molecule has 6 nitrogen and oxygen atoms in total. The number of aromatic nitrogens is 2. The molecule has 0 spiro atoms. The highest BCUT2D eigenvalue weighted by atomic mass is 19.1. The zero-order chi connectivity index (χ0) is 18.5. The number of nitrogens with zero attached hydrogens (tertiary/aromatic N) is 2. The first-order chi connectivity index (χ1) is 12.6. The number of benzene rings is 1. The summed E-state index contributed by atoms with van der Waals surface area (Å²) in [4.78, 5) is 14.2. The largest absolute Gasteiger partial charge is 0.497 e. The zero-order valence-electron chi connectivity index (χ0n) is 15.1. The molecule has 1 saturated heterocycles. The van der Waals surface area contributed by atoms with Crippen LogP contribution in [0.3, 0.4) is 0 Å². The molecule has 0 aliphatic carbocycles. The molecule has 2 aromatic rings. The van der Waals surface area contributed by atoms with Crippen LogP contribution in [-0.4, -0.2) is 47.9 Å². The maximum absolute atomic E-state index is 14.4. The molecule has 1 atom stereocenters. The minimum atomic E-state index is -0.363. The Bertz CT molecular complexity index is 762. The van der Waals surface area contributed by atoms with Crippen LogP contribution in [-0.2, 0) is 16.1 Å². The molecule has 1 aromatic heterocycles. The van der Waals surface area contributed by atoms with Crippen molar-refractivity contribution >= 4 is 5.97 Å². The van der Waals surface area contributed by atoms with Gasteiger partial charge in [-0.2, -0.15) is 5.10 Å². The van der Waals surface area contributed by atoms with Crippen LogP contribution >= 0.6 is 0 Å². The molecule has 3 rings (SSSR count). The summed E-state index contributed by atoms with van der Waals surface area (Å²) in [6.07, 6.45) is 3.50. The second kappa shape index (κ2) is 8.31. The fourth-order valence-corrected chi connectivity index (χ4v) is 3.38. The second-order valence-corrected chi connectivity index (χ2v) is 6.44. The van der Waals surface area contributed by atoms with E-state index in [-0.39, 0.29) is 17.7 Å². The van der Waals surface area contributed by atoms with Gasteiger partial charge in [-0.1, -0.05) is 0 Å². The Balaban J connectivity index is 1.74. The molecule has 0 radical (unpaired) electrons. The number of piperidine rings is 1. The Kier molecular flexibility index (Phi) is 5.88. The van der Waals surface area contributed by atoms with Crippen LogP contribution in [0.4, 0.5) is 4.39 Å². The molecule has 0 amide bonds. The van der Waals surface area contributed by atoms with Gasteiger partial charge in [0, 0.05) is 30.3 Å². The van der Waals surface area contributed by atoms with Crippen molar-refractivity contribution in [1.29, 1.82) is 0 Å². The molecule has 26 heavy (non-hydrogen) atoms. The van der Waals surface area contributed by atoms with Crippen LogP contribution in [0.15, 0.2) is 24.4 Å². The first-order valence-corrected chi connectivity index (χ1v) is 8.87. The summed E-state index contributed by atoms with van der Waals surface area (Å²) in [6, 6.07) is 4.77. The average Bonchev–Trinajstić information content (AvgIpc) is 3.09. The van der Waals surface area contributed by atoms with Gasteiger partial charge in [0.25, 0.3) is 0 Å². The van der Waals surface area contributed by atoms with Crippen LogP contribution < -0.4 is 4.74 Å². The maximum atomic E-state index is 14.4. The monoisotopic (exact) mass is 361 g/mol. The molecular formula is C19H24FN3O3. The number of carbonyl (C=O) groups is 1. The van der Waals surface area contributed by atoms with Crippen LogP contribution in [0.1, 0.15) is 25.3 Å². The van der Waals surface area contributed by atoms with E-state index in [0.29, 0.717) is 36.7 Å². The predicted molar refractivity (Wildman–Crippen MR) is 95.2 cm³/mol. The zero-order valence-corrected chi connectivity index (χ0v) is 15.1. The Morgan fingerprint density at radius 2 is 2.31 bits per heavy atom. The SMILES string of the molecule is CCOC(=O)[C@H]1CCCN(Cc2cn[nH]c2-c2ccc(OC)cc2F)C1. The molecule has 1 aromatic carbocycles. The van der Waals surface area contributed by atoms with E-state index in [1.807, 2.05) is 6.92 Å². The van der Waals surface area contributed by atoms with E-state index in [0.717, 1.165) is 24.9 Å². The highest BCUT2D eigenvalue weighted by molar-refractivity contribution is 5.72. The number of likely N-dealkylation sites (tertiary alicyclic amines) is 1. The quantitative estimate of drug-likeness (QED) is 0.801. The molecule has 0 saturated carbocycles. The van der Waals surface area contributed by atoms with E-state index in [4.69, 9.17) is 9.47 Å². The van der Waals surface area contributed by atoms with E-state index in [2.05, 4.69) is 15.1 Å². The molecule has 1 aliphatic rings. The van der Waals surface area contributed by atoms with Gasteiger partial charge in [0.1, 0.15) is 11.6 Å². The number of rotatable bonds is 6. The highest BCUT2D eigenvalue weighted by Crippen LogP contribution is 2.29. The number of H-pyrrole nitrogens is 1. The van der Waals surface area contributed by atoms with Crippen LogP contribution in [0.25, 0.3) is 11.3 Å². The number of methoxy groups -OCH3 is 1. The number of hydrogen-bond acceptors (Lipinski definition) is 5. The average molecular weight is 361 g/mol. The van der Waals surface area contributed by atoms with Crippen LogP contribution in [0.5, 0.6) is 5.75 Å². The maximum Gasteiger partial charge on any atom is 0.310 e. The molecule has 0 bridgehead atoms. The summed E-state index contributed by atoms with van der Waals surface area (Å²) in [7, 11) is 1.51. The summed E-state index contributed by atoms with van der Waals surface area (Å²) in [5.41, 5.74) is 2.01. The lowest BCUT2D eigenvalue weighted by molar-refractivity contribution is -0.150. The standard InChI is InChI=1S/C19H24FN3O3/c1-3-26-19(24)13-5-4-8-23(11-13)12-14-10-21-22-18(14)16-7-6-15(25-2)9-17(16)20/h6-7,9-10,13H,3-5,8,11-12H2,1-2H3,(H,21,22)/t13-/m0/s1. The molecule has 140 valence electrons. The number of hydrogen-bond donors (Lipinski definition) is 1. The minimum Gasteiger partial charge on any atom is -0.497 e. The van der Waals surface area contributed by atoms with E-state index in [9.17, 15) is 9.18 Å². The smallest absolute Gasteiger partial charge is 0.310 e. The van der Waals surface area contributed by atoms with Gasteiger partial charge in [-0.3, -0.25) is 14.8 Å². The molecule has 1 N–H and O–H groups in total. The fourth-order valence-electron chi connectivity index (χ4n) is 3.38. The number of ether oxygens (including phenoxy) is 2. The lowest BCUT2D eigenvalue weighted by atomic mass is 9.97. The van der Waals surface area contributed by atoms with E-state index in [1.54, 1.807) is 18.3 Å². The van der Waals surface area contributed by atoms with Crippen molar-refractivity contribution in [3.63, 3.8) is 0 Å². The number of nitrogens with one attached hydrogen (secondary N) is 1. The first kappa shape index (κ1) is 18.4. The Hall–Kier alpha value is -2.41. The van der Waals surface area contributed by atoms with Crippen molar-refractivity contribution < 1.29 is 18.7 Å². The van der Waals surface area contributed by atoms with Crippen molar-refractivity contribution in [2.45, 2.75) is 26.3 Å². The molecule has 1 aliphatic heterocycles. The summed E-state index contributed by atoms with van der Waals surface area (Å²) in [5.74, 6) is -0.124. The molecule has 0 unspecified atom stereocenters. The summed E-state index contributed by atoms with van der Waals surface area (Å²) in [5, 5.41) is 6.99. The Morgan fingerprint density at radius 3 is 3.04 bits per heavy atom. The van der Waals surface area contributed by atoms with Crippen LogP contribution in [0, 0.1) is 11.7 Å². The number of esters is 1.